The number of rotatable bonds is 3. The van der Waals surface area contributed by atoms with E-state index in [1.165, 1.54) is 12.0 Å². The van der Waals surface area contributed by atoms with Gasteiger partial charge in [0.25, 0.3) is 0 Å². The fourth-order valence-electron chi connectivity index (χ4n) is 1.63. The normalized spacial score (nSPS) is 18.9. The van der Waals surface area contributed by atoms with E-state index in [0.29, 0.717) is 6.04 Å². The Hall–Kier alpha value is -0.250. The van der Waals surface area contributed by atoms with Crippen molar-refractivity contribution in [2.75, 3.05) is 13.2 Å². The molecule has 0 spiro atoms. The standard InChI is InChI=1S/C11H14BrNO.ClH/c1-2-14-11-4-3-8(12)7-9(11)10-5-6-13-10;/h3-4,7,10,13H,2,5-6H2,1H3;1H/t10-;/m0./s1. The van der Waals surface area contributed by atoms with Crippen LogP contribution in [-0.2, 0) is 0 Å². The highest BCUT2D eigenvalue weighted by Crippen LogP contribution is 2.33. The molecule has 0 unspecified atom stereocenters. The van der Waals surface area contributed by atoms with Crippen LogP contribution in [0.15, 0.2) is 22.7 Å². The summed E-state index contributed by atoms with van der Waals surface area (Å²) in [5.41, 5.74) is 1.27. The topological polar surface area (TPSA) is 21.3 Å². The molecule has 1 aliphatic rings. The van der Waals surface area contributed by atoms with Crippen molar-refractivity contribution < 1.29 is 4.74 Å². The van der Waals surface area contributed by atoms with Crippen LogP contribution in [0.25, 0.3) is 0 Å². The molecule has 84 valence electrons. The van der Waals surface area contributed by atoms with Crippen LogP contribution in [0.4, 0.5) is 0 Å². The maximum Gasteiger partial charge on any atom is 0.124 e. The van der Waals surface area contributed by atoms with Gasteiger partial charge in [0.15, 0.2) is 0 Å². The van der Waals surface area contributed by atoms with Gasteiger partial charge < -0.3 is 10.1 Å². The van der Waals surface area contributed by atoms with Crippen molar-refractivity contribution in [2.45, 2.75) is 19.4 Å². The number of ether oxygens (including phenoxy) is 1. The lowest BCUT2D eigenvalue weighted by molar-refractivity contribution is 0.316. The fraction of sp³-hybridized carbons (Fsp3) is 0.455. The molecule has 0 aliphatic carbocycles. The number of halogens is 2. The lowest BCUT2D eigenvalue weighted by atomic mass is 9.97. The maximum atomic E-state index is 5.59. The highest BCUT2D eigenvalue weighted by atomic mass is 79.9. The number of nitrogens with one attached hydrogen (secondary N) is 1. The van der Waals surface area contributed by atoms with Crippen LogP contribution in [0.2, 0.25) is 0 Å². The summed E-state index contributed by atoms with van der Waals surface area (Å²) < 4.78 is 6.70. The largest absolute Gasteiger partial charge is 0.494 e. The Morgan fingerprint density at radius 3 is 2.80 bits per heavy atom. The Balaban J connectivity index is 0.00000112. The zero-order chi connectivity index (χ0) is 9.97. The number of benzene rings is 1. The first-order valence-electron chi connectivity index (χ1n) is 4.97. The summed E-state index contributed by atoms with van der Waals surface area (Å²) in [6.45, 7) is 3.85. The molecular formula is C11H15BrClNO. The van der Waals surface area contributed by atoms with E-state index in [0.717, 1.165) is 23.4 Å². The molecule has 0 radical (unpaired) electrons. The summed E-state index contributed by atoms with van der Waals surface area (Å²) in [6.07, 6.45) is 1.20. The third-order valence-electron chi connectivity index (χ3n) is 2.47. The van der Waals surface area contributed by atoms with Crippen molar-refractivity contribution in [3.8, 4) is 5.75 Å². The molecule has 1 aliphatic heterocycles. The SMILES string of the molecule is CCOc1ccc(Br)cc1[C@@H]1CCN1.Cl. The predicted octanol–water partition coefficient (Wildman–Crippen LogP) is 3.30. The summed E-state index contributed by atoms with van der Waals surface area (Å²) in [6, 6.07) is 6.67. The quantitative estimate of drug-likeness (QED) is 0.923. The van der Waals surface area contributed by atoms with Crippen molar-refractivity contribution in [3.05, 3.63) is 28.2 Å². The first-order chi connectivity index (χ1) is 6.81. The lowest BCUT2D eigenvalue weighted by Crippen LogP contribution is -2.35. The monoisotopic (exact) mass is 291 g/mol. The van der Waals surface area contributed by atoms with Crippen molar-refractivity contribution >= 4 is 28.3 Å². The van der Waals surface area contributed by atoms with Crippen LogP contribution in [0.1, 0.15) is 24.9 Å². The van der Waals surface area contributed by atoms with E-state index in [-0.39, 0.29) is 12.4 Å². The summed E-state index contributed by atoms with van der Waals surface area (Å²) in [7, 11) is 0. The van der Waals surface area contributed by atoms with E-state index in [4.69, 9.17) is 4.74 Å². The minimum atomic E-state index is 0. The molecule has 0 bridgehead atoms. The van der Waals surface area contributed by atoms with Crippen molar-refractivity contribution in [1.29, 1.82) is 0 Å². The molecule has 2 nitrogen and oxygen atoms in total. The van der Waals surface area contributed by atoms with Crippen molar-refractivity contribution in [1.82, 2.24) is 5.32 Å². The highest BCUT2D eigenvalue weighted by Gasteiger charge is 2.22. The summed E-state index contributed by atoms with van der Waals surface area (Å²) in [4.78, 5) is 0. The van der Waals surface area contributed by atoms with E-state index in [9.17, 15) is 0 Å². The van der Waals surface area contributed by atoms with Gasteiger partial charge in [-0.2, -0.15) is 0 Å². The Morgan fingerprint density at radius 2 is 2.27 bits per heavy atom. The second kappa shape index (κ2) is 5.73. The molecule has 1 atom stereocenters. The zero-order valence-electron chi connectivity index (χ0n) is 8.63. The number of hydrogen-bond donors (Lipinski definition) is 1. The predicted molar refractivity (Wildman–Crippen MR) is 67.9 cm³/mol. The number of hydrogen-bond acceptors (Lipinski definition) is 2. The molecule has 15 heavy (non-hydrogen) atoms. The maximum absolute atomic E-state index is 5.59. The van der Waals surface area contributed by atoms with Gasteiger partial charge in [-0.15, -0.1) is 12.4 Å². The first-order valence-corrected chi connectivity index (χ1v) is 5.76. The molecule has 0 saturated carbocycles. The van der Waals surface area contributed by atoms with Crippen LogP contribution in [0.5, 0.6) is 5.75 Å². The minimum absolute atomic E-state index is 0. The van der Waals surface area contributed by atoms with E-state index < -0.39 is 0 Å². The van der Waals surface area contributed by atoms with Crippen molar-refractivity contribution in [2.24, 2.45) is 0 Å². The van der Waals surface area contributed by atoms with Gasteiger partial charge >= 0.3 is 0 Å². The Morgan fingerprint density at radius 1 is 1.53 bits per heavy atom. The molecule has 4 heteroatoms. The smallest absolute Gasteiger partial charge is 0.124 e. The Labute approximate surface area is 105 Å². The molecule has 1 N–H and O–H groups in total. The average Bonchev–Trinajstić information content (AvgIpc) is 2.07. The van der Waals surface area contributed by atoms with Crippen LogP contribution in [-0.4, -0.2) is 13.2 Å². The fourth-order valence-corrected chi connectivity index (χ4v) is 2.01. The molecule has 1 saturated heterocycles. The highest BCUT2D eigenvalue weighted by molar-refractivity contribution is 9.10. The third-order valence-corrected chi connectivity index (χ3v) is 2.96. The van der Waals surface area contributed by atoms with Gasteiger partial charge in [0.1, 0.15) is 5.75 Å². The van der Waals surface area contributed by atoms with Crippen LogP contribution >= 0.6 is 28.3 Å². The van der Waals surface area contributed by atoms with Crippen LogP contribution in [0.3, 0.4) is 0 Å². The first kappa shape index (κ1) is 12.8. The molecule has 2 rings (SSSR count). The Kier molecular flexibility index (Phi) is 4.90. The molecule has 1 fully saturated rings. The molecule has 1 aromatic carbocycles. The molecule has 1 aromatic rings. The van der Waals surface area contributed by atoms with E-state index >= 15 is 0 Å². The summed E-state index contributed by atoms with van der Waals surface area (Å²) in [5, 5.41) is 3.39. The third kappa shape index (κ3) is 2.86. The van der Waals surface area contributed by atoms with Crippen molar-refractivity contribution in [3.63, 3.8) is 0 Å². The van der Waals surface area contributed by atoms with E-state index in [2.05, 4.69) is 27.3 Å². The van der Waals surface area contributed by atoms with E-state index in [1.807, 2.05) is 19.1 Å². The lowest BCUT2D eigenvalue weighted by Gasteiger charge is -2.29. The minimum Gasteiger partial charge on any atom is -0.494 e. The van der Waals surface area contributed by atoms with Crippen LogP contribution < -0.4 is 10.1 Å². The molecule has 1 heterocycles. The van der Waals surface area contributed by atoms with Gasteiger partial charge in [-0.1, -0.05) is 15.9 Å². The van der Waals surface area contributed by atoms with Crippen LogP contribution in [0, 0.1) is 0 Å². The van der Waals surface area contributed by atoms with E-state index in [1.54, 1.807) is 0 Å². The molecule has 0 amide bonds. The molecular weight excluding hydrogens is 277 g/mol. The van der Waals surface area contributed by atoms with Gasteiger partial charge in [0.05, 0.1) is 6.61 Å². The summed E-state index contributed by atoms with van der Waals surface area (Å²) in [5.74, 6) is 1.01. The van der Waals surface area contributed by atoms with Gasteiger partial charge in [-0.25, -0.2) is 0 Å². The molecule has 0 aromatic heterocycles. The average molecular weight is 293 g/mol. The van der Waals surface area contributed by atoms with Gasteiger partial charge in [0.2, 0.25) is 0 Å². The Bertz CT molecular complexity index is 328. The van der Waals surface area contributed by atoms with Gasteiger partial charge in [-0.3, -0.25) is 0 Å². The zero-order valence-corrected chi connectivity index (χ0v) is 11.0. The van der Waals surface area contributed by atoms with Gasteiger partial charge in [-0.05, 0) is 38.1 Å². The van der Waals surface area contributed by atoms with Gasteiger partial charge in [0, 0.05) is 16.1 Å². The summed E-state index contributed by atoms with van der Waals surface area (Å²) >= 11 is 3.49. The second-order valence-corrected chi connectivity index (χ2v) is 4.33. The second-order valence-electron chi connectivity index (χ2n) is 3.41.